The van der Waals surface area contributed by atoms with E-state index in [9.17, 15) is 9.18 Å². The van der Waals surface area contributed by atoms with Crippen molar-refractivity contribution in [3.63, 3.8) is 0 Å². The molecule has 0 saturated carbocycles. The van der Waals surface area contributed by atoms with Gasteiger partial charge in [0, 0.05) is 17.8 Å². The van der Waals surface area contributed by atoms with Crippen LogP contribution in [0.25, 0.3) is 0 Å². The number of para-hydroxylation sites is 1. The quantitative estimate of drug-likeness (QED) is 0.846. The Morgan fingerprint density at radius 1 is 1.29 bits per heavy atom. The molecule has 0 saturated heterocycles. The van der Waals surface area contributed by atoms with Gasteiger partial charge in [0.1, 0.15) is 11.6 Å². The van der Waals surface area contributed by atoms with E-state index in [1.54, 1.807) is 11.0 Å². The zero-order chi connectivity index (χ0) is 15.0. The van der Waals surface area contributed by atoms with E-state index in [-0.39, 0.29) is 17.5 Å². The molecule has 1 aliphatic rings. The molecule has 0 radical (unpaired) electrons. The maximum atomic E-state index is 14.1. The van der Waals surface area contributed by atoms with Gasteiger partial charge in [-0.25, -0.2) is 4.39 Å². The number of carbonyl (C=O) groups excluding carboxylic acids is 1. The third-order valence-corrected chi connectivity index (χ3v) is 3.83. The first-order valence-corrected chi connectivity index (χ1v) is 6.87. The molecule has 0 fully saturated rings. The van der Waals surface area contributed by atoms with Gasteiger partial charge in [-0.1, -0.05) is 18.2 Å². The topological polar surface area (TPSA) is 29.5 Å². The zero-order valence-electron chi connectivity index (χ0n) is 12.0. The second kappa shape index (κ2) is 5.20. The molecule has 0 spiro atoms. The molecule has 108 valence electrons. The highest BCUT2D eigenvalue weighted by Crippen LogP contribution is 2.33. The second-order valence-electron chi connectivity index (χ2n) is 5.20. The number of hydrogen-bond donors (Lipinski definition) is 0. The Hall–Kier alpha value is -2.36. The summed E-state index contributed by atoms with van der Waals surface area (Å²) in [7, 11) is 1.47. The van der Waals surface area contributed by atoms with Crippen LogP contribution in [0.3, 0.4) is 0 Å². The zero-order valence-corrected chi connectivity index (χ0v) is 12.0. The van der Waals surface area contributed by atoms with E-state index in [2.05, 4.69) is 0 Å². The average Bonchev–Trinajstić information content (AvgIpc) is 2.82. The van der Waals surface area contributed by atoms with Gasteiger partial charge in [-0.05, 0) is 37.1 Å². The van der Waals surface area contributed by atoms with Gasteiger partial charge >= 0.3 is 0 Å². The molecule has 1 unspecified atom stereocenters. The highest BCUT2D eigenvalue weighted by atomic mass is 19.1. The predicted octanol–water partition coefficient (Wildman–Crippen LogP) is 3.43. The molecule has 4 heteroatoms. The highest BCUT2D eigenvalue weighted by Gasteiger charge is 2.32. The van der Waals surface area contributed by atoms with Crippen LogP contribution in [0.2, 0.25) is 0 Å². The Labute approximate surface area is 123 Å². The van der Waals surface area contributed by atoms with Gasteiger partial charge in [0.25, 0.3) is 5.91 Å². The second-order valence-corrected chi connectivity index (χ2v) is 5.20. The maximum Gasteiger partial charge on any atom is 0.261 e. The number of nitrogens with zero attached hydrogens (tertiary/aromatic N) is 1. The molecule has 0 N–H and O–H groups in total. The number of halogens is 1. The Morgan fingerprint density at radius 3 is 2.76 bits per heavy atom. The summed E-state index contributed by atoms with van der Waals surface area (Å²) in [5.41, 5.74) is 2.05. The fraction of sp³-hybridized carbons (Fsp3) is 0.235. The van der Waals surface area contributed by atoms with Gasteiger partial charge in [-0.3, -0.25) is 4.79 Å². The van der Waals surface area contributed by atoms with E-state index in [0.29, 0.717) is 5.75 Å². The van der Waals surface area contributed by atoms with E-state index < -0.39 is 5.82 Å². The smallest absolute Gasteiger partial charge is 0.261 e. The summed E-state index contributed by atoms with van der Waals surface area (Å²) in [4.78, 5) is 14.4. The fourth-order valence-electron chi connectivity index (χ4n) is 2.80. The summed E-state index contributed by atoms with van der Waals surface area (Å²) >= 11 is 0. The SMILES string of the molecule is COc1ccc(C(=O)N2c3ccccc3CC2C)c(F)c1. The van der Waals surface area contributed by atoms with Crippen molar-refractivity contribution in [2.24, 2.45) is 0 Å². The molecule has 1 aliphatic heterocycles. The monoisotopic (exact) mass is 285 g/mol. The normalized spacial score (nSPS) is 16.7. The maximum absolute atomic E-state index is 14.1. The van der Waals surface area contributed by atoms with Gasteiger partial charge in [0.2, 0.25) is 0 Å². The third-order valence-electron chi connectivity index (χ3n) is 3.83. The van der Waals surface area contributed by atoms with Gasteiger partial charge in [-0.15, -0.1) is 0 Å². The number of methoxy groups -OCH3 is 1. The fourth-order valence-corrected chi connectivity index (χ4v) is 2.80. The molecule has 0 aromatic heterocycles. The summed E-state index contributed by atoms with van der Waals surface area (Å²) < 4.78 is 19.1. The minimum absolute atomic E-state index is 0.0244. The van der Waals surface area contributed by atoms with Crippen molar-refractivity contribution in [2.75, 3.05) is 12.0 Å². The van der Waals surface area contributed by atoms with Crippen molar-refractivity contribution in [3.05, 3.63) is 59.4 Å². The van der Waals surface area contributed by atoms with E-state index in [4.69, 9.17) is 4.74 Å². The minimum Gasteiger partial charge on any atom is -0.497 e. The summed E-state index contributed by atoms with van der Waals surface area (Å²) in [5, 5.41) is 0. The summed E-state index contributed by atoms with van der Waals surface area (Å²) in [6.07, 6.45) is 0.791. The average molecular weight is 285 g/mol. The lowest BCUT2D eigenvalue weighted by atomic mass is 10.1. The largest absolute Gasteiger partial charge is 0.497 e. The predicted molar refractivity (Wildman–Crippen MR) is 79.4 cm³/mol. The Balaban J connectivity index is 1.99. The van der Waals surface area contributed by atoms with Crippen LogP contribution in [0.5, 0.6) is 5.75 Å². The van der Waals surface area contributed by atoms with E-state index in [1.807, 2.05) is 31.2 Å². The Morgan fingerprint density at radius 2 is 2.05 bits per heavy atom. The van der Waals surface area contributed by atoms with Crippen LogP contribution in [0.1, 0.15) is 22.8 Å². The minimum atomic E-state index is -0.559. The number of carbonyl (C=O) groups is 1. The van der Waals surface area contributed by atoms with Crippen LogP contribution in [0.4, 0.5) is 10.1 Å². The van der Waals surface area contributed by atoms with Gasteiger partial charge < -0.3 is 9.64 Å². The lowest BCUT2D eigenvalue weighted by Crippen LogP contribution is -2.36. The molecule has 3 nitrogen and oxygen atoms in total. The Bertz CT molecular complexity index is 699. The first kappa shape index (κ1) is 13.6. The van der Waals surface area contributed by atoms with Crippen LogP contribution >= 0.6 is 0 Å². The molecule has 2 aromatic carbocycles. The van der Waals surface area contributed by atoms with Crippen LogP contribution in [0.15, 0.2) is 42.5 Å². The Kier molecular flexibility index (Phi) is 3.37. The number of benzene rings is 2. The first-order valence-electron chi connectivity index (χ1n) is 6.87. The lowest BCUT2D eigenvalue weighted by molar-refractivity contribution is 0.0977. The van der Waals surface area contributed by atoms with Crippen LogP contribution in [-0.2, 0) is 6.42 Å². The van der Waals surface area contributed by atoms with Crippen molar-refractivity contribution in [1.82, 2.24) is 0 Å². The number of anilines is 1. The van der Waals surface area contributed by atoms with E-state index >= 15 is 0 Å². The van der Waals surface area contributed by atoms with Crippen LogP contribution in [0, 0.1) is 5.82 Å². The molecular formula is C17H16FNO2. The van der Waals surface area contributed by atoms with E-state index in [1.165, 1.54) is 19.2 Å². The van der Waals surface area contributed by atoms with Gasteiger partial charge in [0.15, 0.2) is 0 Å². The molecule has 1 atom stereocenters. The first-order chi connectivity index (χ1) is 10.1. The number of ether oxygens (including phenoxy) is 1. The van der Waals surface area contributed by atoms with Crippen molar-refractivity contribution in [1.29, 1.82) is 0 Å². The van der Waals surface area contributed by atoms with Crippen molar-refractivity contribution in [2.45, 2.75) is 19.4 Å². The summed E-state index contributed by atoms with van der Waals surface area (Å²) in [5.74, 6) is -0.470. The molecule has 1 amide bonds. The lowest BCUT2D eigenvalue weighted by Gasteiger charge is -2.23. The van der Waals surface area contributed by atoms with Crippen molar-refractivity contribution in [3.8, 4) is 5.75 Å². The standard InChI is InChI=1S/C17H16FNO2/c1-11-9-12-5-3-4-6-16(12)19(11)17(20)14-8-7-13(21-2)10-15(14)18/h3-8,10-11H,9H2,1-2H3. The summed E-state index contributed by atoms with van der Waals surface area (Å²) in [6, 6.07) is 12.1. The molecule has 21 heavy (non-hydrogen) atoms. The number of rotatable bonds is 2. The molecular weight excluding hydrogens is 269 g/mol. The molecule has 3 rings (SSSR count). The number of fused-ring (bicyclic) bond motifs is 1. The highest BCUT2D eigenvalue weighted by molar-refractivity contribution is 6.08. The van der Waals surface area contributed by atoms with Gasteiger partial charge in [-0.2, -0.15) is 0 Å². The van der Waals surface area contributed by atoms with Crippen molar-refractivity contribution >= 4 is 11.6 Å². The number of amides is 1. The van der Waals surface area contributed by atoms with Gasteiger partial charge in [0.05, 0.1) is 12.7 Å². The molecule has 2 aromatic rings. The summed E-state index contributed by atoms with van der Waals surface area (Å²) in [6.45, 7) is 1.97. The van der Waals surface area contributed by atoms with Crippen LogP contribution < -0.4 is 9.64 Å². The third kappa shape index (κ3) is 2.27. The molecule has 0 bridgehead atoms. The van der Waals surface area contributed by atoms with Crippen LogP contribution in [-0.4, -0.2) is 19.1 Å². The molecule has 1 heterocycles. The number of hydrogen-bond acceptors (Lipinski definition) is 2. The van der Waals surface area contributed by atoms with Crippen molar-refractivity contribution < 1.29 is 13.9 Å². The molecule has 0 aliphatic carbocycles. The van der Waals surface area contributed by atoms with E-state index in [0.717, 1.165) is 17.7 Å².